The van der Waals surface area contributed by atoms with Crippen LogP contribution in [0.3, 0.4) is 0 Å². The van der Waals surface area contributed by atoms with Crippen LogP contribution in [-0.4, -0.2) is 39.1 Å². The molecule has 5 rings (SSSR count). The van der Waals surface area contributed by atoms with E-state index in [2.05, 4.69) is 16.9 Å². The van der Waals surface area contributed by atoms with Crippen molar-refractivity contribution in [1.82, 2.24) is 9.88 Å². The summed E-state index contributed by atoms with van der Waals surface area (Å²) in [6.45, 7) is 11.1. The molecular formula is C25H29N3O3. The third kappa shape index (κ3) is 3.39. The minimum absolute atomic E-state index is 0.0232. The van der Waals surface area contributed by atoms with E-state index >= 15 is 0 Å². The van der Waals surface area contributed by atoms with Crippen LogP contribution in [0.5, 0.6) is 5.88 Å². The minimum Gasteiger partial charge on any atom is -0.477 e. The van der Waals surface area contributed by atoms with E-state index in [1.54, 1.807) is 6.20 Å². The van der Waals surface area contributed by atoms with Crippen LogP contribution in [0, 0.1) is 12.8 Å². The van der Waals surface area contributed by atoms with E-state index in [4.69, 9.17) is 4.74 Å². The molecule has 2 N–H and O–H groups in total. The molecule has 1 aromatic carbocycles. The number of carbonyl (C=O) groups excluding carboxylic acids is 1. The number of pyridine rings is 1. The number of nitrogens with one attached hydrogen (secondary N) is 1. The summed E-state index contributed by atoms with van der Waals surface area (Å²) < 4.78 is 5.62. The molecule has 1 aliphatic carbocycles. The maximum absolute atomic E-state index is 13.5. The van der Waals surface area contributed by atoms with Gasteiger partial charge >= 0.3 is 0 Å². The van der Waals surface area contributed by atoms with Crippen molar-refractivity contribution < 1.29 is 14.6 Å². The highest BCUT2D eigenvalue weighted by Gasteiger charge is 2.48. The van der Waals surface area contributed by atoms with Crippen LogP contribution >= 0.6 is 0 Å². The van der Waals surface area contributed by atoms with Crippen molar-refractivity contribution in [3.8, 4) is 5.88 Å². The first-order valence-corrected chi connectivity index (χ1v) is 11.0. The lowest BCUT2D eigenvalue weighted by molar-refractivity contribution is -0.0223. The summed E-state index contributed by atoms with van der Waals surface area (Å²) in [4.78, 5) is 19.8. The number of aromatic nitrogens is 1. The Bertz CT molecular complexity index is 1080. The van der Waals surface area contributed by atoms with Gasteiger partial charge in [-0.2, -0.15) is 0 Å². The van der Waals surface area contributed by atoms with Crippen LogP contribution in [0.25, 0.3) is 5.70 Å². The number of aryl methyl sites for hydroxylation is 1. The molecule has 1 fully saturated rings. The predicted octanol–water partition coefficient (Wildman–Crippen LogP) is 3.91. The number of ether oxygens (including phenoxy) is 1. The van der Waals surface area contributed by atoms with Gasteiger partial charge in [-0.25, -0.2) is 4.98 Å². The molecular weight excluding hydrogens is 390 g/mol. The van der Waals surface area contributed by atoms with Crippen molar-refractivity contribution in [2.75, 3.05) is 11.9 Å². The average molecular weight is 420 g/mol. The molecule has 0 saturated heterocycles. The van der Waals surface area contributed by atoms with E-state index < -0.39 is 5.60 Å². The lowest BCUT2D eigenvalue weighted by Crippen LogP contribution is -2.51. The highest BCUT2D eigenvalue weighted by Crippen LogP contribution is 2.44. The van der Waals surface area contributed by atoms with Gasteiger partial charge in [-0.1, -0.05) is 18.7 Å². The topological polar surface area (TPSA) is 74.7 Å². The number of nitrogens with zero attached hydrogens (tertiary/aromatic N) is 2. The first kappa shape index (κ1) is 20.1. The number of rotatable bonds is 6. The van der Waals surface area contributed by atoms with Crippen molar-refractivity contribution in [1.29, 1.82) is 0 Å². The van der Waals surface area contributed by atoms with Crippen LogP contribution in [0.1, 0.15) is 59.3 Å². The number of hydrogen-bond acceptors (Lipinski definition) is 5. The SMILES string of the molecule is C=C(Nc1cccc2c1C(=O)N(C(C1CC1)C(C)(C)O)C2)c1c(C)cnc2c1CCO2. The molecule has 1 unspecified atom stereocenters. The standard InChI is InChI=1S/C25H29N3O3/c1-14-12-26-23-18(10-11-31-23)20(14)15(2)27-19-7-5-6-17-13-28(24(29)21(17)19)22(16-8-9-16)25(3,4)30/h5-7,12,16,22,27,30H,2,8-11,13H2,1,3-4H3. The van der Waals surface area contributed by atoms with Crippen LogP contribution in [0.2, 0.25) is 0 Å². The van der Waals surface area contributed by atoms with Gasteiger partial charge < -0.3 is 20.1 Å². The summed E-state index contributed by atoms with van der Waals surface area (Å²) >= 11 is 0. The largest absolute Gasteiger partial charge is 0.477 e. The molecule has 6 nitrogen and oxygen atoms in total. The van der Waals surface area contributed by atoms with E-state index in [9.17, 15) is 9.90 Å². The smallest absolute Gasteiger partial charge is 0.256 e. The van der Waals surface area contributed by atoms with Gasteiger partial charge in [0, 0.05) is 36.0 Å². The Kier molecular flexibility index (Phi) is 4.59. The molecule has 1 amide bonds. The Morgan fingerprint density at radius 3 is 2.87 bits per heavy atom. The molecule has 1 aromatic heterocycles. The van der Waals surface area contributed by atoms with Gasteiger partial charge in [-0.3, -0.25) is 4.79 Å². The molecule has 1 atom stereocenters. The second kappa shape index (κ2) is 7.09. The van der Waals surface area contributed by atoms with Gasteiger partial charge in [0.15, 0.2) is 0 Å². The maximum atomic E-state index is 13.5. The summed E-state index contributed by atoms with van der Waals surface area (Å²) in [6, 6.07) is 5.72. The maximum Gasteiger partial charge on any atom is 0.256 e. The Hall–Kier alpha value is -2.86. The molecule has 0 bridgehead atoms. The highest BCUT2D eigenvalue weighted by atomic mass is 16.5. The fourth-order valence-corrected chi connectivity index (χ4v) is 5.23. The third-order valence-corrected chi connectivity index (χ3v) is 6.60. The van der Waals surface area contributed by atoms with Crippen molar-refractivity contribution in [2.45, 2.75) is 58.2 Å². The Morgan fingerprint density at radius 1 is 1.39 bits per heavy atom. The minimum atomic E-state index is -0.940. The van der Waals surface area contributed by atoms with Gasteiger partial charge in [0.2, 0.25) is 5.88 Å². The van der Waals surface area contributed by atoms with Crippen LogP contribution < -0.4 is 10.1 Å². The number of carbonyl (C=O) groups is 1. The number of fused-ring (bicyclic) bond motifs is 2. The van der Waals surface area contributed by atoms with E-state index in [1.165, 1.54) is 0 Å². The van der Waals surface area contributed by atoms with Crippen molar-refractivity contribution in [2.24, 2.45) is 5.92 Å². The summed E-state index contributed by atoms with van der Waals surface area (Å²) in [5.41, 5.74) is 5.31. The highest BCUT2D eigenvalue weighted by molar-refractivity contribution is 6.05. The van der Waals surface area contributed by atoms with Gasteiger partial charge in [0.25, 0.3) is 5.91 Å². The summed E-state index contributed by atoms with van der Waals surface area (Å²) in [6.07, 6.45) is 4.73. The normalized spacial score (nSPS) is 18.5. The summed E-state index contributed by atoms with van der Waals surface area (Å²) in [7, 11) is 0. The lowest BCUT2D eigenvalue weighted by atomic mass is 9.93. The molecule has 1 saturated carbocycles. The predicted molar refractivity (Wildman–Crippen MR) is 120 cm³/mol. The quantitative estimate of drug-likeness (QED) is 0.743. The van der Waals surface area contributed by atoms with Gasteiger partial charge in [-0.15, -0.1) is 0 Å². The molecule has 3 heterocycles. The Morgan fingerprint density at radius 2 is 2.16 bits per heavy atom. The van der Waals surface area contributed by atoms with Crippen molar-refractivity contribution in [3.05, 3.63) is 58.8 Å². The first-order valence-electron chi connectivity index (χ1n) is 11.0. The van der Waals surface area contributed by atoms with E-state index in [0.29, 0.717) is 30.5 Å². The molecule has 162 valence electrons. The fraction of sp³-hybridized carbons (Fsp3) is 0.440. The van der Waals surface area contributed by atoms with Gasteiger partial charge in [0.1, 0.15) is 0 Å². The lowest BCUT2D eigenvalue weighted by Gasteiger charge is -2.37. The third-order valence-electron chi connectivity index (χ3n) is 6.60. The number of amides is 1. The number of aliphatic hydroxyl groups is 1. The van der Waals surface area contributed by atoms with Crippen LogP contribution in [0.15, 0.2) is 31.0 Å². The molecule has 3 aliphatic rings. The molecule has 31 heavy (non-hydrogen) atoms. The zero-order valence-corrected chi connectivity index (χ0v) is 18.4. The van der Waals surface area contributed by atoms with Crippen molar-refractivity contribution in [3.63, 3.8) is 0 Å². The molecule has 2 aromatic rings. The monoisotopic (exact) mass is 419 g/mol. The van der Waals surface area contributed by atoms with E-state index in [0.717, 1.165) is 52.9 Å². The summed E-state index contributed by atoms with van der Waals surface area (Å²) in [5.74, 6) is 1.01. The molecule has 0 spiro atoms. The Labute approximate surface area is 182 Å². The number of benzene rings is 1. The van der Waals surface area contributed by atoms with Crippen LogP contribution in [0.4, 0.5) is 5.69 Å². The summed E-state index contributed by atoms with van der Waals surface area (Å²) in [5, 5.41) is 14.2. The molecule has 0 radical (unpaired) electrons. The van der Waals surface area contributed by atoms with Crippen molar-refractivity contribution >= 4 is 17.3 Å². The molecule has 2 aliphatic heterocycles. The van der Waals surface area contributed by atoms with Gasteiger partial charge in [-0.05, 0) is 56.7 Å². The second-order valence-electron chi connectivity index (χ2n) is 9.51. The average Bonchev–Trinajstić information content (AvgIpc) is 3.30. The van der Waals surface area contributed by atoms with E-state index in [1.807, 2.05) is 43.9 Å². The van der Waals surface area contributed by atoms with E-state index in [-0.39, 0.29) is 11.9 Å². The number of hydrogen-bond donors (Lipinski definition) is 2. The van der Waals surface area contributed by atoms with Gasteiger partial charge in [0.05, 0.1) is 29.5 Å². The van der Waals surface area contributed by atoms with Crippen LogP contribution in [-0.2, 0) is 13.0 Å². The zero-order valence-electron chi connectivity index (χ0n) is 18.4. The molecule has 6 heteroatoms. The Balaban J connectivity index is 1.46. The fourth-order valence-electron chi connectivity index (χ4n) is 5.23. The number of anilines is 1. The second-order valence-corrected chi connectivity index (χ2v) is 9.51. The zero-order chi connectivity index (χ0) is 21.9. The first-order chi connectivity index (χ1) is 14.8.